The predicted octanol–water partition coefficient (Wildman–Crippen LogP) is 3.03. The standard InChI is InChI=1S/C13H11NO6/c1-8(10-6-7-12(20-10)13(15)16)19-11-5-3-2-4-9(11)14(17)18/h2-8H,1H3,(H,15,16). The number of benzene rings is 1. The number of para-hydroxylation sites is 2. The van der Waals surface area contributed by atoms with Crippen molar-refractivity contribution in [3.8, 4) is 5.75 Å². The van der Waals surface area contributed by atoms with Crippen LogP contribution in [0.4, 0.5) is 5.69 Å². The fraction of sp³-hybridized carbons (Fsp3) is 0.154. The number of aromatic carboxylic acids is 1. The summed E-state index contributed by atoms with van der Waals surface area (Å²) in [7, 11) is 0. The van der Waals surface area contributed by atoms with Crippen LogP contribution in [0.15, 0.2) is 40.8 Å². The van der Waals surface area contributed by atoms with E-state index in [9.17, 15) is 14.9 Å². The van der Waals surface area contributed by atoms with Crippen molar-refractivity contribution >= 4 is 11.7 Å². The van der Waals surface area contributed by atoms with Crippen molar-refractivity contribution in [2.75, 3.05) is 0 Å². The fourth-order valence-corrected chi connectivity index (χ4v) is 1.64. The molecule has 7 nitrogen and oxygen atoms in total. The van der Waals surface area contributed by atoms with Gasteiger partial charge in [0.25, 0.3) is 0 Å². The zero-order valence-corrected chi connectivity index (χ0v) is 10.5. The minimum Gasteiger partial charge on any atom is -0.476 e. The lowest BCUT2D eigenvalue weighted by molar-refractivity contribution is -0.386. The molecule has 2 aromatic rings. The Morgan fingerprint density at radius 1 is 1.35 bits per heavy atom. The molecule has 7 heteroatoms. The average molecular weight is 277 g/mol. The van der Waals surface area contributed by atoms with E-state index < -0.39 is 17.0 Å². The van der Waals surface area contributed by atoms with Crippen molar-refractivity contribution in [3.05, 3.63) is 58.0 Å². The molecule has 1 N–H and O–H groups in total. The van der Waals surface area contributed by atoms with Crippen LogP contribution in [0.2, 0.25) is 0 Å². The van der Waals surface area contributed by atoms with Crippen LogP contribution in [0.5, 0.6) is 5.75 Å². The highest BCUT2D eigenvalue weighted by Crippen LogP contribution is 2.30. The molecule has 20 heavy (non-hydrogen) atoms. The first-order valence-electron chi connectivity index (χ1n) is 5.72. The van der Waals surface area contributed by atoms with Crippen molar-refractivity contribution in [3.63, 3.8) is 0 Å². The van der Waals surface area contributed by atoms with Crippen molar-refractivity contribution < 1.29 is 24.0 Å². The van der Waals surface area contributed by atoms with E-state index in [2.05, 4.69) is 0 Å². The van der Waals surface area contributed by atoms with E-state index >= 15 is 0 Å². The van der Waals surface area contributed by atoms with Gasteiger partial charge >= 0.3 is 11.7 Å². The summed E-state index contributed by atoms with van der Waals surface area (Å²) in [6.07, 6.45) is -0.649. The number of rotatable bonds is 5. The Balaban J connectivity index is 2.21. The monoisotopic (exact) mass is 277 g/mol. The van der Waals surface area contributed by atoms with Crippen LogP contribution in [0.1, 0.15) is 29.3 Å². The van der Waals surface area contributed by atoms with Crippen LogP contribution in [0.3, 0.4) is 0 Å². The SMILES string of the molecule is CC(Oc1ccccc1[N+](=O)[O-])c1ccc(C(=O)O)o1. The number of ether oxygens (including phenoxy) is 1. The third-order valence-electron chi connectivity index (χ3n) is 2.60. The van der Waals surface area contributed by atoms with Gasteiger partial charge < -0.3 is 14.3 Å². The lowest BCUT2D eigenvalue weighted by atomic mass is 10.2. The van der Waals surface area contributed by atoms with Gasteiger partial charge in [-0.05, 0) is 25.1 Å². The van der Waals surface area contributed by atoms with Crippen LogP contribution >= 0.6 is 0 Å². The Morgan fingerprint density at radius 3 is 2.65 bits per heavy atom. The summed E-state index contributed by atoms with van der Waals surface area (Å²) in [5.74, 6) is -1.02. The highest BCUT2D eigenvalue weighted by atomic mass is 16.6. The number of carboxylic acids is 1. The van der Waals surface area contributed by atoms with Gasteiger partial charge in [-0.3, -0.25) is 10.1 Å². The number of carboxylic acid groups (broad SMARTS) is 1. The van der Waals surface area contributed by atoms with Crippen LogP contribution in [0, 0.1) is 10.1 Å². The Kier molecular flexibility index (Phi) is 3.69. The summed E-state index contributed by atoms with van der Waals surface area (Å²) >= 11 is 0. The Labute approximate surface area is 113 Å². The maximum absolute atomic E-state index is 10.9. The van der Waals surface area contributed by atoms with E-state index in [4.69, 9.17) is 14.3 Å². The average Bonchev–Trinajstić information content (AvgIpc) is 2.89. The van der Waals surface area contributed by atoms with Crippen molar-refractivity contribution in [2.45, 2.75) is 13.0 Å². The number of hydrogen-bond acceptors (Lipinski definition) is 5. The number of nitro groups is 1. The van der Waals surface area contributed by atoms with Crippen LogP contribution in [0.25, 0.3) is 0 Å². The second kappa shape index (κ2) is 5.43. The molecule has 0 saturated heterocycles. The molecule has 1 unspecified atom stereocenters. The van der Waals surface area contributed by atoms with E-state index in [1.165, 1.54) is 30.3 Å². The summed E-state index contributed by atoms with van der Waals surface area (Å²) in [5.41, 5.74) is -0.163. The lowest BCUT2D eigenvalue weighted by Crippen LogP contribution is -2.04. The van der Waals surface area contributed by atoms with E-state index in [-0.39, 0.29) is 23.0 Å². The summed E-state index contributed by atoms with van der Waals surface area (Å²) < 4.78 is 10.5. The van der Waals surface area contributed by atoms with Gasteiger partial charge in [-0.15, -0.1) is 0 Å². The molecule has 0 amide bonds. The zero-order valence-electron chi connectivity index (χ0n) is 10.5. The molecule has 0 fully saturated rings. The van der Waals surface area contributed by atoms with E-state index in [1.54, 1.807) is 13.0 Å². The predicted molar refractivity (Wildman–Crippen MR) is 67.8 cm³/mol. The van der Waals surface area contributed by atoms with Crippen LogP contribution < -0.4 is 4.74 Å². The number of nitrogens with zero attached hydrogens (tertiary/aromatic N) is 1. The molecule has 0 radical (unpaired) electrons. The van der Waals surface area contributed by atoms with Crippen molar-refractivity contribution in [2.24, 2.45) is 0 Å². The lowest BCUT2D eigenvalue weighted by Gasteiger charge is -2.12. The first kappa shape index (κ1) is 13.6. The maximum atomic E-state index is 10.9. The van der Waals surface area contributed by atoms with E-state index in [1.807, 2.05) is 0 Å². The topological polar surface area (TPSA) is 103 Å². The first-order valence-corrected chi connectivity index (χ1v) is 5.72. The van der Waals surface area contributed by atoms with Gasteiger partial charge in [0.15, 0.2) is 11.9 Å². The first-order chi connectivity index (χ1) is 9.49. The number of nitro benzene ring substituents is 1. The molecule has 0 aliphatic rings. The molecule has 0 aliphatic heterocycles. The Bertz CT molecular complexity index is 648. The molecule has 0 saturated carbocycles. The zero-order chi connectivity index (χ0) is 14.7. The second-order valence-corrected chi connectivity index (χ2v) is 3.99. The molecule has 0 bridgehead atoms. The minimum absolute atomic E-state index is 0.0956. The molecular formula is C13H11NO6. The second-order valence-electron chi connectivity index (χ2n) is 3.99. The largest absolute Gasteiger partial charge is 0.476 e. The van der Waals surface area contributed by atoms with Gasteiger partial charge in [0.05, 0.1) is 4.92 Å². The third-order valence-corrected chi connectivity index (χ3v) is 2.60. The van der Waals surface area contributed by atoms with Gasteiger partial charge in [-0.2, -0.15) is 0 Å². The molecule has 0 spiro atoms. The van der Waals surface area contributed by atoms with Gasteiger partial charge in [-0.1, -0.05) is 12.1 Å². The summed E-state index contributed by atoms with van der Waals surface area (Å²) in [6.45, 7) is 1.61. The minimum atomic E-state index is -1.19. The highest BCUT2D eigenvalue weighted by Gasteiger charge is 2.20. The van der Waals surface area contributed by atoms with E-state index in [0.29, 0.717) is 0 Å². The summed E-state index contributed by atoms with van der Waals surface area (Å²) in [6, 6.07) is 8.70. The molecule has 1 atom stereocenters. The summed E-state index contributed by atoms with van der Waals surface area (Å²) in [4.78, 5) is 21.0. The van der Waals surface area contributed by atoms with Crippen LogP contribution in [-0.4, -0.2) is 16.0 Å². The molecule has 104 valence electrons. The van der Waals surface area contributed by atoms with Gasteiger partial charge in [0, 0.05) is 6.07 Å². The van der Waals surface area contributed by atoms with Gasteiger partial charge in [0.1, 0.15) is 5.76 Å². The molecule has 2 rings (SSSR count). The Hall–Kier alpha value is -2.83. The number of carbonyl (C=O) groups is 1. The fourth-order valence-electron chi connectivity index (χ4n) is 1.64. The number of hydrogen-bond donors (Lipinski definition) is 1. The smallest absolute Gasteiger partial charge is 0.371 e. The third kappa shape index (κ3) is 2.77. The van der Waals surface area contributed by atoms with Crippen molar-refractivity contribution in [1.82, 2.24) is 0 Å². The van der Waals surface area contributed by atoms with E-state index in [0.717, 1.165) is 0 Å². The number of furan rings is 1. The molecule has 0 aliphatic carbocycles. The quantitative estimate of drug-likeness (QED) is 0.665. The molecular weight excluding hydrogens is 266 g/mol. The normalized spacial score (nSPS) is 11.8. The highest BCUT2D eigenvalue weighted by molar-refractivity contribution is 5.84. The molecule has 1 aromatic heterocycles. The Morgan fingerprint density at radius 2 is 2.05 bits per heavy atom. The summed E-state index contributed by atoms with van der Waals surface area (Å²) in [5, 5.41) is 19.6. The maximum Gasteiger partial charge on any atom is 0.371 e. The van der Waals surface area contributed by atoms with Gasteiger partial charge in [-0.25, -0.2) is 4.79 Å². The van der Waals surface area contributed by atoms with Crippen LogP contribution in [-0.2, 0) is 0 Å². The molecule has 1 heterocycles. The van der Waals surface area contributed by atoms with Crippen molar-refractivity contribution in [1.29, 1.82) is 0 Å². The molecule has 1 aromatic carbocycles. The van der Waals surface area contributed by atoms with Gasteiger partial charge in [0.2, 0.25) is 5.76 Å².